The minimum absolute atomic E-state index is 0. The molecule has 0 unspecified atom stereocenters. The molecule has 2 aromatic carbocycles. The number of rotatable bonds is 6. The summed E-state index contributed by atoms with van der Waals surface area (Å²) in [5.41, 5.74) is 0. The van der Waals surface area contributed by atoms with Gasteiger partial charge in [0.15, 0.2) is 0 Å². The van der Waals surface area contributed by atoms with Gasteiger partial charge in [0.1, 0.15) is 0 Å². The maximum atomic E-state index is 2.31. The molecule has 2 radical (unpaired) electrons. The van der Waals surface area contributed by atoms with Crippen molar-refractivity contribution in [2.24, 2.45) is 0 Å². The first-order chi connectivity index (χ1) is 11.7. The standard InChI is InChI=1S/2C6H15P.2C5H5.2Ni.Te/c2*1-4-7(5-2)6-3;2*1-2-4-5-3-1;;;/h2*4-6H2,1-3H3;2*1-5H;;;/q;;2*-1;;;/p+2. The van der Waals surface area contributed by atoms with Crippen LogP contribution in [0.15, 0.2) is 60.7 Å². The second-order valence-corrected chi connectivity index (χ2v) is 12.8. The Morgan fingerprint density at radius 1 is 0.481 bits per heavy atom. The van der Waals surface area contributed by atoms with Gasteiger partial charge in [-0.2, -0.15) is 36.4 Å². The summed E-state index contributed by atoms with van der Waals surface area (Å²) in [5.74, 6) is 0. The molecular formula is C22H42Ni2P2Te. The molecule has 2 aromatic rings. The maximum absolute atomic E-state index is 2.31. The van der Waals surface area contributed by atoms with Crippen LogP contribution in [0.25, 0.3) is 0 Å². The average molecular weight is 614 g/mol. The fourth-order valence-electron chi connectivity index (χ4n) is 2.14. The van der Waals surface area contributed by atoms with Crippen molar-refractivity contribution in [1.82, 2.24) is 0 Å². The Kier molecular flexibility index (Phi) is 50.1. The van der Waals surface area contributed by atoms with E-state index in [9.17, 15) is 0 Å². The molecule has 0 N–H and O–H groups in total. The van der Waals surface area contributed by atoms with E-state index in [2.05, 4.69) is 41.5 Å². The van der Waals surface area contributed by atoms with E-state index in [4.69, 9.17) is 0 Å². The van der Waals surface area contributed by atoms with Gasteiger partial charge >= 0.3 is 0 Å². The Bertz CT molecular complexity index is 289. The van der Waals surface area contributed by atoms with E-state index < -0.39 is 0 Å². The van der Waals surface area contributed by atoms with Crippen LogP contribution in [0.3, 0.4) is 0 Å². The van der Waals surface area contributed by atoms with Crippen LogP contribution in [0.5, 0.6) is 0 Å². The zero-order valence-electron chi connectivity index (χ0n) is 18.1. The predicted octanol–water partition coefficient (Wildman–Crippen LogP) is 6.95. The van der Waals surface area contributed by atoms with Crippen LogP contribution >= 0.6 is 15.8 Å². The molecule has 0 amide bonds. The van der Waals surface area contributed by atoms with Crippen LogP contribution in [0.2, 0.25) is 0 Å². The van der Waals surface area contributed by atoms with Crippen LogP contribution in [-0.2, 0) is 33.0 Å². The van der Waals surface area contributed by atoms with Gasteiger partial charge in [0.05, 0.1) is 37.0 Å². The zero-order valence-corrected chi connectivity index (χ0v) is 24.4. The molecule has 0 atom stereocenters. The third-order valence-electron chi connectivity index (χ3n) is 4.11. The number of hydrogen-bond acceptors (Lipinski definition) is 0. The van der Waals surface area contributed by atoms with Crippen LogP contribution in [-0.4, -0.2) is 60.6 Å². The molecule has 0 aromatic heterocycles. The third-order valence-corrected chi connectivity index (χ3v) is 10.1. The summed E-state index contributed by atoms with van der Waals surface area (Å²) in [6.07, 6.45) is 8.74. The second kappa shape index (κ2) is 34.8. The van der Waals surface area contributed by atoms with Gasteiger partial charge in [-0.1, -0.05) is 0 Å². The first-order valence-corrected chi connectivity index (χ1v) is 13.9. The molecule has 0 aliphatic rings. The number of hydrogen-bond donors (Lipinski definition) is 0. The summed E-state index contributed by atoms with van der Waals surface area (Å²) >= 11 is 0. The molecule has 0 fully saturated rings. The summed E-state index contributed by atoms with van der Waals surface area (Å²) < 4.78 is 0. The third kappa shape index (κ3) is 32.2. The van der Waals surface area contributed by atoms with Gasteiger partial charge < -0.3 is 0 Å². The van der Waals surface area contributed by atoms with E-state index in [0.717, 1.165) is 0 Å². The average Bonchev–Trinajstić information content (AvgIpc) is 3.37. The van der Waals surface area contributed by atoms with Crippen LogP contribution < -0.4 is 0 Å². The van der Waals surface area contributed by atoms with Crippen molar-refractivity contribution in [3.05, 3.63) is 60.7 Å². The molecular weight excluding hydrogens is 571 g/mol. The second-order valence-electron chi connectivity index (χ2n) is 5.55. The summed E-state index contributed by atoms with van der Waals surface area (Å²) in [7, 11) is 0.275. The largest absolute Gasteiger partial charge is 0.214 e. The molecule has 166 valence electrons. The smallest absolute Gasteiger partial charge is 0.0543 e. The predicted molar refractivity (Wildman–Crippen MR) is 130 cm³/mol. The normalized spacial score (nSPS) is 8.30. The molecule has 2 rings (SSSR count). The molecule has 0 bridgehead atoms. The minimum Gasteiger partial charge on any atom is -0.214 e. The maximum Gasteiger partial charge on any atom is 0.0543 e. The Labute approximate surface area is 210 Å². The van der Waals surface area contributed by atoms with Crippen LogP contribution in [0.1, 0.15) is 41.5 Å². The monoisotopic (exact) mass is 614 g/mol. The van der Waals surface area contributed by atoms with Gasteiger partial charge in [-0.15, -0.1) is 0 Å². The SMILES string of the molecule is CC[PH+](CC)CC.CC[PH+](CC)CC.[Ni].[Ni].[Te].c1cc[cH-]c1.c1cc[cH-]c1. The van der Waals surface area contributed by atoms with Crippen molar-refractivity contribution in [2.75, 3.05) is 37.0 Å². The molecule has 0 nitrogen and oxygen atoms in total. The van der Waals surface area contributed by atoms with E-state index >= 15 is 0 Å². The summed E-state index contributed by atoms with van der Waals surface area (Å²) in [4.78, 5) is 0. The summed E-state index contributed by atoms with van der Waals surface area (Å²) in [6.45, 7) is 13.8. The van der Waals surface area contributed by atoms with Crippen LogP contribution in [0.4, 0.5) is 0 Å². The molecule has 0 aliphatic heterocycles. The van der Waals surface area contributed by atoms with E-state index in [-0.39, 0.29) is 72.5 Å². The fourth-order valence-corrected chi connectivity index (χ4v) is 5.14. The molecule has 0 saturated heterocycles. The van der Waals surface area contributed by atoms with Gasteiger partial charge in [-0.05, 0) is 57.4 Å². The van der Waals surface area contributed by atoms with Gasteiger partial charge in [-0.3, -0.25) is 0 Å². The van der Waals surface area contributed by atoms with Crippen molar-refractivity contribution < 1.29 is 33.0 Å². The fraction of sp³-hybridized carbons (Fsp3) is 0.545. The zero-order chi connectivity index (χ0) is 18.5. The Balaban J connectivity index is -0.0000000773. The van der Waals surface area contributed by atoms with Crippen molar-refractivity contribution in [3.8, 4) is 0 Å². The van der Waals surface area contributed by atoms with Crippen LogP contribution in [0, 0.1) is 0 Å². The van der Waals surface area contributed by atoms with Crippen molar-refractivity contribution in [1.29, 1.82) is 0 Å². The molecule has 0 saturated carbocycles. The molecule has 0 spiro atoms. The Hall–Kier alpha value is 1.34. The molecule has 27 heavy (non-hydrogen) atoms. The van der Waals surface area contributed by atoms with Crippen molar-refractivity contribution in [2.45, 2.75) is 41.5 Å². The van der Waals surface area contributed by atoms with Gasteiger partial charge in [0.25, 0.3) is 0 Å². The van der Waals surface area contributed by atoms with E-state index in [1.54, 1.807) is 0 Å². The topological polar surface area (TPSA) is 0 Å². The van der Waals surface area contributed by atoms with Gasteiger partial charge in [-0.25, -0.2) is 24.3 Å². The van der Waals surface area contributed by atoms with Crippen molar-refractivity contribution >= 4 is 39.5 Å². The van der Waals surface area contributed by atoms with Gasteiger partial charge in [0.2, 0.25) is 0 Å². The quantitative estimate of drug-likeness (QED) is 0.188. The first-order valence-electron chi connectivity index (χ1n) is 9.70. The summed E-state index contributed by atoms with van der Waals surface area (Å²) in [5, 5.41) is 0. The van der Waals surface area contributed by atoms with E-state index in [0.29, 0.717) is 0 Å². The van der Waals surface area contributed by atoms with E-state index in [1.807, 2.05) is 60.7 Å². The van der Waals surface area contributed by atoms with Crippen molar-refractivity contribution in [3.63, 3.8) is 0 Å². The molecule has 0 aliphatic carbocycles. The Morgan fingerprint density at radius 2 is 0.667 bits per heavy atom. The molecule has 5 heteroatoms. The van der Waals surface area contributed by atoms with Gasteiger partial charge in [0, 0.05) is 56.6 Å². The molecule has 0 heterocycles. The Morgan fingerprint density at radius 3 is 0.704 bits per heavy atom. The first kappa shape index (κ1) is 38.9. The minimum atomic E-state index is 0. The summed E-state index contributed by atoms with van der Waals surface area (Å²) in [6, 6.07) is 20.0. The van der Waals surface area contributed by atoms with E-state index in [1.165, 1.54) is 37.0 Å².